The molecule has 7 heteroatoms. The van der Waals surface area contributed by atoms with Crippen molar-refractivity contribution in [3.63, 3.8) is 0 Å². The van der Waals surface area contributed by atoms with Gasteiger partial charge in [-0.05, 0) is 58.6 Å². The van der Waals surface area contributed by atoms with Crippen LogP contribution in [0.25, 0.3) is 0 Å². The van der Waals surface area contributed by atoms with Crippen LogP contribution >= 0.6 is 15.9 Å². The quantitative estimate of drug-likeness (QED) is 0.777. The fourth-order valence-electron chi connectivity index (χ4n) is 2.42. The van der Waals surface area contributed by atoms with Gasteiger partial charge in [0.05, 0.1) is 4.90 Å². The van der Waals surface area contributed by atoms with E-state index in [1.54, 1.807) is 55.6 Å². The van der Waals surface area contributed by atoms with Crippen molar-refractivity contribution in [1.82, 2.24) is 9.62 Å². The van der Waals surface area contributed by atoms with Gasteiger partial charge in [0.15, 0.2) is 0 Å². The molecule has 1 fully saturated rings. The first-order valence-electron chi connectivity index (χ1n) is 7.98. The zero-order chi connectivity index (χ0) is 18.0. The zero-order valence-corrected chi connectivity index (χ0v) is 16.2. The maximum Gasteiger partial charge on any atom is 0.251 e. The number of rotatable bonds is 6. The van der Waals surface area contributed by atoms with Gasteiger partial charge in [0.1, 0.15) is 0 Å². The second-order valence-corrected chi connectivity index (χ2v) is 9.00. The molecule has 1 amide bonds. The summed E-state index contributed by atoms with van der Waals surface area (Å²) in [7, 11) is -2.05. The Morgan fingerprint density at radius 1 is 1.16 bits per heavy atom. The predicted octanol–water partition coefficient (Wildman–Crippen LogP) is 3.16. The van der Waals surface area contributed by atoms with Crippen molar-refractivity contribution in [2.45, 2.75) is 30.3 Å². The van der Waals surface area contributed by atoms with Crippen LogP contribution in [0, 0.1) is 0 Å². The third-order valence-corrected chi connectivity index (χ3v) is 6.87. The molecule has 1 N–H and O–H groups in total. The molecule has 0 atom stereocenters. The highest BCUT2D eigenvalue weighted by Gasteiger charge is 2.24. The Hall–Kier alpha value is -1.70. The standard InChI is InChI=1S/C18H19BrN2O3S/c1-21(25(23,24)17-5-3-2-4-16(17)19)12-13-6-8-14(9-7-13)18(22)20-15-10-11-15/h2-9,15H,10-12H2,1H3,(H,20,22). The van der Waals surface area contributed by atoms with Gasteiger partial charge in [0.2, 0.25) is 10.0 Å². The second-order valence-electron chi connectivity index (χ2n) is 6.14. The van der Waals surface area contributed by atoms with Crippen LogP contribution in [-0.2, 0) is 16.6 Å². The third kappa shape index (κ3) is 4.29. The number of nitrogens with zero attached hydrogens (tertiary/aromatic N) is 1. The zero-order valence-electron chi connectivity index (χ0n) is 13.8. The molecule has 0 aromatic heterocycles. The molecular formula is C18H19BrN2O3S. The molecule has 132 valence electrons. The van der Waals surface area contributed by atoms with E-state index in [1.165, 1.54) is 4.31 Å². The summed E-state index contributed by atoms with van der Waals surface area (Å²) >= 11 is 3.29. The number of benzene rings is 2. The number of halogens is 1. The summed E-state index contributed by atoms with van der Waals surface area (Å²) in [6.07, 6.45) is 2.09. The van der Waals surface area contributed by atoms with Gasteiger partial charge in [-0.3, -0.25) is 4.79 Å². The molecular weight excluding hydrogens is 404 g/mol. The highest BCUT2D eigenvalue weighted by atomic mass is 79.9. The van der Waals surface area contributed by atoms with Crippen LogP contribution in [0.15, 0.2) is 57.9 Å². The minimum Gasteiger partial charge on any atom is -0.349 e. The molecule has 0 bridgehead atoms. The smallest absolute Gasteiger partial charge is 0.251 e. The highest BCUT2D eigenvalue weighted by Crippen LogP contribution is 2.25. The summed E-state index contributed by atoms with van der Waals surface area (Å²) in [5.74, 6) is -0.0803. The van der Waals surface area contributed by atoms with Crippen molar-refractivity contribution < 1.29 is 13.2 Å². The lowest BCUT2D eigenvalue weighted by Gasteiger charge is -2.18. The van der Waals surface area contributed by atoms with Crippen LogP contribution < -0.4 is 5.32 Å². The average molecular weight is 423 g/mol. The van der Waals surface area contributed by atoms with E-state index in [-0.39, 0.29) is 17.3 Å². The van der Waals surface area contributed by atoms with Gasteiger partial charge in [-0.2, -0.15) is 4.31 Å². The Kier molecular flexibility index (Phi) is 5.27. The highest BCUT2D eigenvalue weighted by molar-refractivity contribution is 9.10. The van der Waals surface area contributed by atoms with Crippen LogP contribution in [-0.4, -0.2) is 31.7 Å². The fourth-order valence-corrected chi connectivity index (χ4v) is 4.54. The molecule has 0 heterocycles. The van der Waals surface area contributed by atoms with Crippen molar-refractivity contribution in [3.8, 4) is 0 Å². The van der Waals surface area contributed by atoms with Crippen molar-refractivity contribution >= 4 is 31.9 Å². The molecule has 1 aliphatic rings. The molecule has 1 aliphatic carbocycles. The number of amides is 1. The van der Waals surface area contributed by atoms with E-state index in [4.69, 9.17) is 0 Å². The minimum atomic E-state index is -3.59. The molecule has 0 unspecified atom stereocenters. The summed E-state index contributed by atoms with van der Waals surface area (Å²) < 4.78 is 27.2. The average Bonchev–Trinajstić information content (AvgIpc) is 3.39. The van der Waals surface area contributed by atoms with E-state index in [1.807, 2.05) is 0 Å². The number of sulfonamides is 1. The van der Waals surface area contributed by atoms with Gasteiger partial charge in [-0.15, -0.1) is 0 Å². The van der Waals surface area contributed by atoms with Crippen LogP contribution in [0.2, 0.25) is 0 Å². The van der Waals surface area contributed by atoms with Gasteiger partial charge in [-0.25, -0.2) is 8.42 Å². The second kappa shape index (κ2) is 7.27. The van der Waals surface area contributed by atoms with Gasteiger partial charge in [0, 0.05) is 29.7 Å². The fraction of sp³-hybridized carbons (Fsp3) is 0.278. The summed E-state index contributed by atoms with van der Waals surface area (Å²) in [6.45, 7) is 0.230. The van der Waals surface area contributed by atoms with Crippen LogP contribution in [0.5, 0.6) is 0 Å². The third-order valence-electron chi connectivity index (χ3n) is 4.06. The normalized spacial score (nSPS) is 14.5. The molecule has 3 rings (SSSR count). The molecule has 5 nitrogen and oxygen atoms in total. The lowest BCUT2D eigenvalue weighted by atomic mass is 10.1. The van der Waals surface area contributed by atoms with Gasteiger partial charge in [0.25, 0.3) is 5.91 Å². The van der Waals surface area contributed by atoms with Crippen LogP contribution in [0.3, 0.4) is 0 Å². The number of carbonyl (C=O) groups is 1. The SMILES string of the molecule is CN(Cc1ccc(C(=O)NC2CC2)cc1)S(=O)(=O)c1ccccc1Br. The summed E-state index contributed by atoms with van der Waals surface area (Å²) in [6, 6.07) is 14.1. The molecule has 0 aliphatic heterocycles. The number of carbonyl (C=O) groups excluding carboxylic acids is 1. The molecule has 2 aromatic carbocycles. The Morgan fingerprint density at radius 3 is 2.40 bits per heavy atom. The molecule has 25 heavy (non-hydrogen) atoms. The predicted molar refractivity (Wildman–Crippen MR) is 99.7 cm³/mol. The van der Waals surface area contributed by atoms with E-state index < -0.39 is 10.0 Å². The van der Waals surface area contributed by atoms with E-state index in [2.05, 4.69) is 21.2 Å². The van der Waals surface area contributed by atoms with Crippen molar-refractivity contribution in [2.75, 3.05) is 7.05 Å². The first-order valence-corrected chi connectivity index (χ1v) is 10.2. The number of hydrogen-bond acceptors (Lipinski definition) is 3. The first kappa shape index (κ1) is 18.1. The van der Waals surface area contributed by atoms with Crippen LogP contribution in [0.4, 0.5) is 0 Å². The summed E-state index contributed by atoms with van der Waals surface area (Å²) in [5.41, 5.74) is 1.41. The lowest BCUT2D eigenvalue weighted by molar-refractivity contribution is 0.0951. The Labute approximate surface area is 156 Å². The van der Waals surface area contributed by atoms with Crippen LogP contribution in [0.1, 0.15) is 28.8 Å². The summed E-state index contributed by atoms with van der Waals surface area (Å²) in [5, 5.41) is 2.93. The molecule has 0 radical (unpaired) electrons. The number of nitrogens with one attached hydrogen (secondary N) is 1. The largest absolute Gasteiger partial charge is 0.349 e. The Balaban J connectivity index is 1.71. The molecule has 1 saturated carbocycles. The van der Waals surface area contributed by atoms with Crippen molar-refractivity contribution in [1.29, 1.82) is 0 Å². The van der Waals surface area contributed by atoms with E-state index in [0.717, 1.165) is 18.4 Å². The van der Waals surface area contributed by atoms with E-state index in [0.29, 0.717) is 16.1 Å². The lowest BCUT2D eigenvalue weighted by Crippen LogP contribution is -2.27. The van der Waals surface area contributed by atoms with Crippen molar-refractivity contribution in [3.05, 3.63) is 64.1 Å². The van der Waals surface area contributed by atoms with Gasteiger partial charge in [-0.1, -0.05) is 24.3 Å². The Morgan fingerprint density at radius 2 is 1.80 bits per heavy atom. The maximum absolute atomic E-state index is 12.7. The molecule has 0 spiro atoms. The first-order chi connectivity index (χ1) is 11.9. The van der Waals surface area contributed by atoms with Gasteiger partial charge < -0.3 is 5.32 Å². The van der Waals surface area contributed by atoms with Gasteiger partial charge >= 0.3 is 0 Å². The number of hydrogen-bond donors (Lipinski definition) is 1. The monoisotopic (exact) mass is 422 g/mol. The maximum atomic E-state index is 12.7. The molecule has 2 aromatic rings. The molecule has 0 saturated heterocycles. The topological polar surface area (TPSA) is 66.5 Å². The van der Waals surface area contributed by atoms with E-state index >= 15 is 0 Å². The minimum absolute atomic E-state index is 0.0803. The summed E-state index contributed by atoms with van der Waals surface area (Å²) in [4.78, 5) is 12.2. The van der Waals surface area contributed by atoms with E-state index in [9.17, 15) is 13.2 Å². The van der Waals surface area contributed by atoms with Crippen molar-refractivity contribution in [2.24, 2.45) is 0 Å². The Bertz CT molecular complexity index is 877.